The number of likely N-dealkylation sites (tertiary alicyclic amines) is 1. The number of sulfone groups is 1. The van der Waals surface area contributed by atoms with Crippen LogP contribution in [-0.4, -0.2) is 48.6 Å². The Balaban J connectivity index is 1.90. The predicted octanol–water partition coefficient (Wildman–Crippen LogP) is 2.09. The summed E-state index contributed by atoms with van der Waals surface area (Å²) in [5.74, 6) is -1.16. The number of benzene rings is 1. The Bertz CT molecular complexity index is 788. The average molecular weight is 365 g/mol. The Morgan fingerprint density at radius 3 is 2.64 bits per heavy atom. The molecule has 3 atom stereocenters. The van der Waals surface area contributed by atoms with E-state index in [9.17, 15) is 23.1 Å². The molecule has 3 rings (SSSR count). The molecule has 1 aliphatic heterocycles. The van der Waals surface area contributed by atoms with E-state index in [-0.39, 0.29) is 23.6 Å². The molecule has 0 aromatic heterocycles. The van der Waals surface area contributed by atoms with Gasteiger partial charge in [0.2, 0.25) is 0 Å². The van der Waals surface area contributed by atoms with Gasteiger partial charge in [-0.2, -0.15) is 0 Å². The van der Waals surface area contributed by atoms with Gasteiger partial charge in [-0.15, -0.1) is 0 Å². The van der Waals surface area contributed by atoms with Gasteiger partial charge in [-0.3, -0.25) is 4.79 Å². The maximum absolute atomic E-state index is 13.0. The number of carbonyl (C=O) groups is 2. The molecule has 0 spiro atoms. The second kappa shape index (κ2) is 6.78. The van der Waals surface area contributed by atoms with Crippen molar-refractivity contribution >= 4 is 21.7 Å². The molecule has 1 saturated carbocycles. The van der Waals surface area contributed by atoms with E-state index in [1.54, 1.807) is 24.3 Å². The van der Waals surface area contributed by atoms with Crippen LogP contribution in [-0.2, 0) is 20.4 Å². The van der Waals surface area contributed by atoms with Crippen molar-refractivity contribution in [2.24, 2.45) is 5.92 Å². The van der Waals surface area contributed by atoms with E-state index in [1.807, 2.05) is 0 Å². The maximum atomic E-state index is 13.0. The number of hydrogen-bond acceptors (Lipinski definition) is 4. The fourth-order valence-corrected chi connectivity index (χ4v) is 5.00. The van der Waals surface area contributed by atoms with Crippen LogP contribution in [0.4, 0.5) is 0 Å². The summed E-state index contributed by atoms with van der Waals surface area (Å²) in [7, 11) is -3.20. The molecule has 1 N–H and O–H groups in total. The van der Waals surface area contributed by atoms with Crippen LogP contribution in [0.1, 0.15) is 48.0 Å². The van der Waals surface area contributed by atoms with Crippen molar-refractivity contribution in [1.82, 2.24) is 4.90 Å². The lowest BCUT2D eigenvalue weighted by Gasteiger charge is -2.33. The van der Waals surface area contributed by atoms with E-state index >= 15 is 0 Å². The van der Waals surface area contributed by atoms with Gasteiger partial charge in [0.05, 0.1) is 5.75 Å². The highest BCUT2D eigenvalue weighted by molar-refractivity contribution is 7.89. The number of aliphatic carboxylic acids is 1. The zero-order valence-corrected chi connectivity index (χ0v) is 15.0. The third-order valence-corrected chi connectivity index (χ3v) is 6.07. The van der Waals surface area contributed by atoms with E-state index in [0.717, 1.165) is 31.9 Å². The minimum absolute atomic E-state index is 0.0269. The smallest absolute Gasteiger partial charge is 0.326 e. The molecule has 1 aliphatic carbocycles. The summed E-state index contributed by atoms with van der Waals surface area (Å²) in [5, 5.41) is 9.56. The highest BCUT2D eigenvalue weighted by atomic mass is 32.2. The SMILES string of the molecule is CS(=O)(=O)Cc1cccc(C(=O)N2C(C(=O)O)CC3CCCCC32)c1. The minimum atomic E-state index is -3.20. The van der Waals surface area contributed by atoms with Gasteiger partial charge in [0.25, 0.3) is 5.91 Å². The first-order valence-electron chi connectivity index (χ1n) is 8.58. The van der Waals surface area contributed by atoms with Gasteiger partial charge in [-0.1, -0.05) is 25.0 Å². The van der Waals surface area contributed by atoms with Crippen molar-refractivity contribution in [3.8, 4) is 0 Å². The first-order chi connectivity index (χ1) is 11.8. The third-order valence-electron chi connectivity index (χ3n) is 5.21. The number of amides is 1. The largest absolute Gasteiger partial charge is 0.480 e. The van der Waals surface area contributed by atoms with Crippen LogP contribution in [0.5, 0.6) is 0 Å². The van der Waals surface area contributed by atoms with Crippen LogP contribution in [0.3, 0.4) is 0 Å². The van der Waals surface area contributed by atoms with Crippen molar-refractivity contribution < 1.29 is 23.1 Å². The first kappa shape index (κ1) is 17.9. The molecule has 0 radical (unpaired) electrons. The van der Waals surface area contributed by atoms with Crippen molar-refractivity contribution in [1.29, 1.82) is 0 Å². The third kappa shape index (κ3) is 3.86. The second-order valence-corrected chi connectivity index (χ2v) is 9.32. The maximum Gasteiger partial charge on any atom is 0.326 e. The summed E-state index contributed by atoms with van der Waals surface area (Å²) in [6.07, 6.45) is 5.55. The van der Waals surface area contributed by atoms with Gasteiger partial charge in [-0.25, -0.2) is 13.2 Å². The molecule has 3 unspecified atom stereocenters. The van der Waals surface area contributed by atoms with Crippen LogP contribution in [0.15, 0.2) is 24.3 Å². The molecule has 6 nitrogen and oxygen atoms in total. The van der Waals surface area contributed by atoms with Gasteiger partial charge in [0, 0.05) is 17.9 Å². The van der Waals surface area contributed by atoms with Crippen LogP contribution >= 0.6 is 0 Å². The Labute approximate surface area is 147 Å². The zero-order valence-electron chi connectivity index (χ0n) is 14.2. The van der Waals surface area contributed by atoms with Gasteiger partial charge in [0.15, 0.2) is 9.84 Å². The number of nitrogens with zero attached hydrogens (tertiary/aromatic N) is 1. The van der Waals surface area contributed by atoms with Gasteiger partial charge in [0.1, 0.15) is 6.04 Å². The van der Waals surface area contributed by atoms with E-state index in [0.29, 0.717) is 17.5 Å². The molecule has 2 aliphatic rings. The van der Waals surface area contributed by atoms with Crippen LogP contribution < -0.4 is 0 Å². The quantitative estimate of drug-likeness (QED) is 0.882. The molecule has 136 valence electrons. The van der Waals surface area contributed by atoms with E-state index in [1.165, 1.54) is 4.90 Å². The number of rotatable bonds is 4. The number of carbonyl (C=O) groups excluding carboxylic acids is 1. The van der Waals surface area contributed by atoms with Gasteiger partial charge in [-0.05, 0) is 42.9 Å². The lowest BCUT2D eigenvalue weighted by atomic mass is 9.84. The fourth-order valence-electron chi connectivity index (χ4n) is 4.22. The molecule has 7 heteroatoms. The van der Waals surface area contributed by atoms with E-state index in [2.05, 4.69) is 0 Å². The summed E-state index contributed by atoms with van der Waals surface area (Å²) in [4.78, 5) is 26.3. The van der Waals surface area contributed by atoms with Crippen molar-refractivity contribution in [3.05, 3.63) is 35.4 Å². The molecular weight excluding hydrogens is 342 g/mol. The van der Waals surface area contributed by atoms with Gasteiger partial charge >= 0.3 is 5.97 Å². The fraction of sp³-hybridized carbons (Fsp3) is 0.556. The molecule has 1 saturated heterocycles. The van der Waals surface area contributed by atoms with Crippen molar-refractivity contribution in [3.63, 3.8) is 0 Å². The molecule has 1 aromatic carbocycles. The topological polar surface area (TPSA) is 91.8 Å². The van der Waals surface area contributed by atoms with Crippen LogP contribution in [0, 0.1) is 5.92 Å². The average Bonchev–Trinajstić information content (AvgIpc) is 2.92. The molecular formula is C18H23NO5S. The van der Waals surface area contributed by atoms with E-state index < -0.39 is 21.8 Å². The number of carboxylic acid groups (broad SMARTS) is 1. The number of fused-ring (bicyclic) bond motifs is 1. The Morgan fingerprint density at radius 1 is 1.24 bits per heavy atom. The summed E-state index contributed by atoms with van der Waals surface area (Å²) in [6.45, 7) is 0. The normalized spacial score (nSPS) is 26.3. The Morgan fingerprint density at radius 2 is 1.96 bits per heavy atom. The van der Waals surface area contributed by atoms with Crippen LogP contribution in [0.25, 0.3) is 0 Å². The highest BCUT2D eigenvalue weighted by Gasteiger charge is 2.47. The zero-order chi connectivity index (χ0) is 18.2. The minimum Gasteiger partial charge on any atom is -0.480 e. The van der Waals surface area contributed by atoms with Crippen LogP contribution in [0.2, 0.25) is 0 Å². The van der Waals surface area contributed by atoms with E-state index in [4.69, 9.17) is 0 Å². The molecule has 1 aromatic rings. The molecule has 25 heavy (non-hydrogen) atoms. The molecule has 2 fully saturated rings. The molecule has 1 amide bonds. The van der Waals surface area contributed by atoms with Crippen molar-refractivity contribution in [2.75, 3.05) is 6.26 Å². The van der Waals surface area contributed by atoms with Gasteiger partial charge < -0.3 is 10.0 Å². The summed E-state index contributed by atoms with van der Waals surface area (Å²) >= 11 is 0. The Hall–Kier alpha value is -1.89. The standard InChI is InChI=1S/C18H23NO5S/c1-25(23,24)11-12-5-4-7-14(9-12)17(20)19-15-8-3-2-6-13(15)10-16(19)18(21)22/h4-5,7,9,13,15-16H,2-3,6,8,10-11H2,1H3,(H,21,22). The van der Waals surface area contributed by atoms with Crippen molar-refractivity contribution in [2.45, 2.75) is 49.9 Å². The number of carboxylic acids is 1. The molecule has 1 heterocycles. The lowest BCUT2D eigenvalue weighted by Crippen LogP contribution is -2.46. The predicted molar refractivity (Wildman–Crippen MR) is 92.9 cm³/mol. The summed E-state index contributed by atoms with van der Waals surface area (Å²) in [5.41, 5.74) is 0.901. The summed E-state index contributed by atoms with van der Waals surface area (Å²) in [6, 6.07) is 5.69. The monoisotopic (exact) mass is 365 g/mol. The lowest BCUT2D eigenvalue weighted by molar-refractivity contribution is -0.141. The number of hydrogen-bond donors (Lipinski definition) is 1. The summed E-state index contributed by atoms with van der Waals surface area (Å²) < 4.78 is 23.0. The second-order valence-electron chi connectivity index (χ2n) is 7.18. The highest BCUT2D eigenvalue weighted by Crippen LogP contribution is 2.40. The first-order valence-corrected chi connectivity index (χ1v) is 10.6. The molecule has 0 bridgehead atoms. The Kier molecular flexibility index (Phi) is 4.86.